The fraction of sp³-hybridized carbons (Fsp3) is 0.143. The summed E-state index contributed by atoms with van der Waals surface area (Å²) in [5, 5.41) is 1.88. The van der Waals surface area contributed by atoms with Crippen molar-refractivity contribution in [2.24, 2.45) is 0 Å². The second kappa shape index (κ2) is 5.12. The molecule has 2 aromatic carbocycles. The molecule has 0 bridgehead atoms. The van der Waals surface area contributed by atoms with E-state index in [1.165, 1.54) is 11.4 Å². The van der Waals surface area contributed by atoms with Crippen molar-refractivity contribution in [2.45, 2.75) is 6.92 Å². The van der Waals surface area contributed by atoms with Gasteiger partial charge in [-0.2, -0.15) is 0 Å². The average molecular weight is 262 g/mol. The highest BCUT2D eigenvalue weighted by molar-refractivity contribution is 8.62. The van der Waals surface area contributed by atoms with Gasteiger partial charge in [-0.05, 0) is 18.7 Å². The Morgan fingerprint density at radius 1 is 0.941 bits per heavy atom. The Morgan fingerprint density at radius 3 is 2.12 bits per heavy atom. The molecule has 0 saturated carbocycles. The van der Waals surface area contributed by atoms with Gasteiger partial charge < -0.3 is 4.57 Å². The smallest absolute Gasteiger partial charge is 0.195 e. The summed E-state index contributed by atoms with van der Waals surface area (Å²) < 4.78 is 13.2. The van der Waals surface area contributed by atoms with Crippen molar-refractivity contribution in [3.8, 4) is 0 Å². The summed E-state index contributed by atoms with van der Waals surface area (Å²) in [5.41, 5.74) is 1.09. The van der Waals surface area contributed by atoms with Gasteiger partial charge >= 0.3 is 0 Å². The van der Waals surface area contributed by atoms with Gasteiger partial charge in [0.1, 0.15) is 0 Å². The van der Waals surface area contributed by atoms with Gasteiger partial charge in [0.15, 0.2) is 6.34 Å². The zero-order valence-corrected chi connectivity index (χ0v) is 11.7. The minimum Gasteiger partial charge on any atom is -0.302 e. The van der Waals surface area contributed by atoms with Crippen LogP contribution >= 0.6 is 17.7 Å². The Morgan fingerprint density at radius 2 is 1.53 bits per heavy atom. The van der Waals surface area contributed by atoms with Gasteiger partial charge in [-0.25, -0.2) is 0 Å². The Bertz CT molecular complexity index is 551. The van der Waals surface area contributed by atoms with Crippen LogP contribution in [0.25, 0.3) is 0 Å². The summed E-state index contributed by atoms with van der Waals surface area (Å²) in [6.07, 6.45) is -0.609. The number of hydrogen-bond donors (Lipinski definition) is 0. The highest BCUT2D eigenvalue weighted by atomic mass is 32.7. The molecule has 1 atom stereocenters. The van der Waals surface area contributed by atoms with E-state index in [-0.39, 0.29) is 0 Å². The van der Waals surface area contributed by atoms with Crippen molar-refractivity contribution in [1.29, 1.82) is 0 Å². The van der Waals surface area contributed by atoms with Crippen molar-refractivity contribution in [3.63, 3.8) is 0 Å². The zero-order valence-electron chi connectivity index (χ0n) is 9.96. The standard InChI is InChI=1S/C14H15OPS/c1-12-8-6-7-11-14(12)16(15,17-2)13-9-4-3-5-10-13/h3-11H,1-2H3/t16-/m0/s1. The van der Waals surface area contributed by atoms with E-state index in [9.17, 15) is 4.57 Å². The number of aryl methyl sites for hydroxylation is 1. The maximum absolute atomic E-state index is 13.2. The second-order valence-electron chi connectivity index (χ2n) is 3.86. The maximum atomic E-state index is 13.2. The molecular weight excluding hydrogens is 247 g/mol. The lowest BCUT2D eigenvalue weighted by atomic mass is 10.2. The topological polar surface area (TPSA) is 17.1 Å². The zero-order chi connectivity index (χ0) is 12.3. The molecule has 0 saturated heterocycles. The van der Waals surface area contributed by atoms with Crippen LogP contribution in [-0.4, -0.2) is 6.26 Å². The van der Waals surface area contributed by atoms with E-state index in [0.717, 1.165) is 16.2 Å². The Labute approximate surface area is 106 Å². The van der Waals surface area contributed by atoms with Gasteiger partial charge in [0.25, 0.3) is 0 Å². The van der Waals surface area contributed by atoms with Gasteiger partial charge in [0.05, 0.1) is 0 Å². The van der Waals surface area contributed by atoms with E-state index in [1.807, 2.05) is 67.8 Å². The highest BCUT2D eigenvalue weighted by Gasteiger charge is 2.27. The molecule has 0 aromatic heterocycles. The molecule has 0 aliphatic rings. The lowest BCUT2D eigenvalue weighted by Gasteiger charge is -2.18. The van der Waals surface area contributed by atoms with E-state index < -0.39 is 6.34 Å². The van der Waals surface area contributed by atoms with Gasteiger partial charge in [-0.1, -0.05) is 66.0 Å². The summed E-state index contributed by atoms with van der Waals surface area (Å²) in [6, 6.07) is 17.6. The normalized spacial score (nSPS) is 14.2. The molecule has 0 N–H and O–H groups in total. The maximum Gasteiger partial charge on any atom is 0.195 e. The average Bonchev–Trinajstić information content (AvgIpc) is 2.39. The summed E-state index contributed by atoms with van der Waals surface area (Å²) >= 11 is 1.45. The van der Waals surface area contributed by atoms with Crippen LogP contribution in [0.5, 0.6) is 0 Å². The lowest BCUT2D eigenvalue weighted by Crippen LogP contribution is -2.15. The molecule has 2 aromatic rings. The molecule has 0 amide bonds. The molecule has 0 aliphatic heterocycles. The molecule has 0 spiro atoms. The Balaban J connectivity index is 2.61. The number of benzene rings is 2. The van der Waals surface area contributed by atoms with E-state index in [4.69, 9.17) is 0 Å². The van der Waals surface area contributed by atoms with Crippen LogP contribution in [0.1, 0.15) is 5.56 Å². The molecule has 88 valence electrons. The lowest BCUT2D eigenvalue weighted by molar-refractivity contribution is 0.595. The third-order valence-electron chi connectivity index (χ3n) is 2.79. The van der Waals surface area contributed by atoms with Crippen molar-refractivity contribution >= 4 is 28.3 Å². The monoisotopic (exact) mass is 262 g/mol. The number of rotatable bonds is 3. The largest absolute Gasteiger partial charge is 0.302 e. The molecule has 0 fully saturated rings. The van der Waals surface area contributed by atoms with E-state index >= 15 is 0 Å². The van der Waals surface area contributed by atoms with Crippen molar-refractivity contribution in [1.82, 2.24) is 0 Å². The van der Waals surface area contributed by atoms with Gasteiger partial charge in [-0.15, -0.1) is 0 Å². The van der Waals surface area contributed by atoms with Crippen LogP contribution in [0.3, 0.4) is 0 Å². The third kappa shape index (κ3) is 2.34. The van der Waals surface area contributed by atoms with Crippen LogP contribution in [0, 0.1) is 6.92 Å². The molecule has 0 unspecified atom stereocenters. The summed E-state index contributed by atoms with van der Waals surface area (Å²) in [7, 11) is 0. The van der Waals surface area contributed by atoms with Gasteiger partial charge in [0.2, 0.25) is 0 Å². The van der Waals surface area contributed by atoms with E-state index in [0.29, 0.717) is 0 Å². The molecule has 1 nitrogen and oxygen atoms in total. The predicted octanol–water partition coefficient (Wildman–Crippen LogP) is 3.59. The first kappa shape index (κ1) is 12.5. The van der Waals surface area contributed by atoms with Gasteiger partial charge in [0, 0.05) is 10.6 Å². The fourth-order valence-electron chi connectivity index (χ4n) is 1.86. The molecule has 17 heavy (non-hydrogen) atoms. The summed E-state index contributed by atoms with van der Waals surface area (Å²) in [6.45, 7) is 2.02. The Kier molecular flexibility index (Phi) is 3.76. The first-order valence-electron chi connectivity index (χ1n) is 5.46. The fourth-order valence-corrected chi connectivity index (χ4v) is 6.13. The quantitative estimate of drug-likeness (QED) is 0.786. The molecular formula is C14H15OPS. The van der Waals surface area contributed by atoms with Crippen LogP contribution < -0.4 is 10.6 Å². The molecule has 0 aliphatic carbocycles. The van der Waals surface area contributed by atoms with Crippen molar-refractivity contribution < 1.29 is 4.57 Å². The predicted molar refractivity (Wildman–Crippen MR) is 78.0 cm³/mol. The molecule has 0 heterocycles. The first-order valence-corrected chi connectivity index (χ1v) is 9.00. The SMILES string of the molecule is CS[P@@](=O)(c1ccccc1)c1ccccc1C. The van der Waals surface area contributed by atoms with Gasteiger partial charge in [-0.3, -0.25) is 0 Å². The highest BCUT2D eigenvalue weighted by Crippen LogP contribution is 2.55. The summed E-state index contributed by atoms with van der Waals surface area (Å²) in [4.78, 5) is 0. The van der Waals surface area contributed by atoms with Crippen LogP contribution in [0.2, 0.25) is 0 Å². The molecule has 3 heteroatoms. The second-order valence-corrected chi connectivity index (χ2v) is 8.96. The summed E-state index contributed by atoms with van der Waals surface area (Å²) in [5.74, 6) is 0. The van der Waals surface area contributed by atoms with Crippen LogP contribution in [-0.2, 0) is 4.57 Å². The van der Waals surface area contributed by atoms with Crippen LogP contribution in [0.15, 0.2) is 54.6 Å². The number of hydrogen-bond acceptors (Lipinski definition) is 2. The Hall–Kier alpha value is -0.980. The minimum atomic E-state index is -2.53. The van der Waals surface area contributed by atoms with E-state index in [2.05, 4.69) is 0 Å². The molecule has 0 radical (unpaired) electrons. The minimum absolute atomic E-state index is 0.918. The first-order chi connectivity index (χ1) is 8.18. The molecule has 2 rings (SSSR count). The van der Waals surface area contributed by atoms with E-state index in [1.54, 1.807) is 0 Å². The third-order valence-corrected chi connectivity index (χ3v) is 8.18. The van der Waals surface area contributed by atoms with Crippen LogP contribution in [0.4, 0.5) is 0 Å². The van der Waals surface area contributed by atoms with Crippen molar-refractivity contribution in [2.75, 3.05) is 6.26 Å². The van der Waals surface area contributed by atoms with Crippen molar-refractivity contribution in [3.05, 3.63) is 60.2 Å².